The van der Waals surface area contributed by atoms with Crippen molar-refractivity contribution in [3.63, 3.8) is 0 Å². The van der Waals surface area contributed by atoms with Crippen LogP contribution in [-0.2, 0) is 0 Å². The number of hydrogen-bond donors (Lipinski definition) is 2. The van der Waals surface area contributed by atoms with E-state index in [4.69, 9.17) is 5.73 Å². The zero-order chi connectivity index (χ0) is 6.95. The highest BCUT2D eigenvalue weighted by Crippen LogP contribution is 1.77. The fraction of sp³-hybridized carbons (Fsp3) is 0.429. The molecule has 0 saturated carbocycles. The van der Waals surface area contributed by atoms with Crippen molar-refractivity contribution in [3.05, 3.63) is 24.6 Å². The van der Waals surface area contributed by atoms with E-state index in [0.29, 0.717) is 0 Å². The van der Waals surface area contributed by atoms with Crippen LogP contribution in [0.5, 0.6) is 0 Å². The van der Waals surface area contributed by atoms with Crippen molar-refractivity contribution in [2.75, 3.05) is 6.54 Å². The summed E-state index contributed by atoms with van der Waals surface area (Å²) in [5.74, 6) is 0. The second kappa shape index (κ2) is 7.08. The number of allylic oxidation sites excluding steroid dienone is 1. The van der Waals surface area contributed by atoms with Gasteiger partial charge in [-0.05, 0) is 13.3 Å². The van der Waals surface area contributed by atoms with Crippen LogP contribution < -0.4 is 11.1 Å². The van der Waals surface area contributed by atoms with E-state index in [1.54, 1.807) is 6.20 Å². The van der Waals surface area contributed by atoms with Gasteiger partial charge in [-0.15, -0.1) is 0 Å². The zero-order valence-electron chi connectivity index (χ0n) is 5.80. The summed E-state index contributed by atoms with van der Waals surface area (Å²) >= 11 is 0. The molecule has 0 aromatic carbocycles. The number of nitrogens with two attached hydrogens (primary N) is 1. The lowest BCUT2D eigenvalue weighted by Gasteiger charge is -1.92. The molecule has 0 bridgehead atoms. The Kier molecular flexibility index (Phi) is 6.36. The van der Waals surface area contributed by atoms with Gasteiger partial charge >= 0.3 is 0 Å². The Labute approximate surface area is 56.4 Å². The molecule has 0 aliphatic heterocycles. The first-order valence-electron chi connectivity index (χ1n) is 3.13. The number of hydrogen-bond acceptors (Lipinski definition) is 2. The highest BCUT2D eigenvalue weighted by molar-refractivity contribution is 4.80. The summed E-state index contributed by atoms with van der Waals surface area (Å²) in [4.78, 5) is 0. The van der Waals surface area contributed by atoms with E-state index in [2.05, 4.69) is 11.4 Å². The zero-order valence-corrected chi connectivity index (χ0v) is 5.80. The van der Waals surface area contributed by atoms with E-state index in [9.17, 15) is 0 Å². The normalized spacial score (nSPS) is 11.2. The average Bonchev–Trinajstić information content (AvgIpc) is 1.89. The quantitative estimate of drug-likeness (QED) is 0.435. The van der Waals surface area contributed by atoms with Gasteiger partial charge in [0, 0.05) is 18.9 Å². The molecule has 0 rings (SSSR count). The second-order valence-corrected chi connectivity index (χ2v) is 1.67. The first kappa shape index (κ1) is 8.08. The standard InChI is InChI=1S/C7H14N2/c1-2-3-4-6-9-7-5-8/h2-3,5,7,9H,4,6,8H2,1H3/b3-2-,7-5-. The van der Waals surface area contributed by atoms with Crippen molar-refractivity contribution >= 4 is 0 Å². The molecule has 0 spiro atoms. The van der Waals surface area contributed by atoms with Gasteiger partial charge in [0.15, 0.2) is 0 Å². The molecule has 2 heteroatoms. The molecular formula is C7H14N2. The first-order valence-corrected chi connectivity index (χ1v) is 3.13. The summed E-state index contributed by atoms with van der Waals surface area (Å²) in [5, 5.41) is 3.01. The van der Waals surface area contributed by atoms with Crippen LogP contribution in [0.25, 0.3) is 0 Å². The summed E-state index contributed by atoms with van der Waals surface area (Å²) < 4.78 is 0. The molecule has 0 heterocycles. The maximum Gasteiger partial charge on any atom is 0.0176 e. The van der Waals surface area contributed by atoms with Gasteiger partial charge in [-0.1, -0.05) is 12.2 Å². The van der Waals surface area contributed by atoms with Gasteiger partial charge in [-0.3, -0.25) is 0 Å². The summed E-state index contributed by atoms with van der Waals surface area (Å²) in [6.45, 7) is 2.97. The van der Waals surface area contributed by atoms with Crippen LogP contribution in [-0.4, -0.2) is 6.54 Å². The maximum atomic E-state index is 5.08. The minimum absolute atomic E-state index is 0.956. The van der Waals surface area contributed by atoms with Crippen LogP contribution in [0.15, 0.2) is 24.6 Å². The van der Waals surface area contributed by atoms with Gasteiger partial charge in [0.1, 0.15) is 0 Å². The van der Waals surface area contributed by atoms with Crippen LogP contribution in [0.2, 0.25) is 0 Å². The summed E-state index contributed by atoms with van der Waals surface area (Å²) in [7, 11) is 0. The monoisotopic (exact) mass is 126 g/mol. The molecule has 0 radical (unpaired) electrons. The molecule has 0 amide bonds. The molecule has 2 nitrogen and oxygen atoms in total. The Morgan fingerprint density at radius 2 is 2.33 bits per heavy atom. The lowest BCUT2D eigenvalue weighted by molar-refractivity contribution is 0.849. The first-order chi connectivity index (χ1) is 4.41. The average molecular weight is 126 g/mol. The second-order valence-electron chi connectivity index (χ2n) is 1.67. The van der Waals surface area contributed by atoms with Gasteiger partial charge in [0.2, 0.25) is 0 Å². The summed E-state index contributed by atoms with van der Waals surface area (Å²) in [6, 6.07) is 0. The van der Waals surface area contributed by atoms with Crippen molar-refractivity contribution in [2.24, 2.45) is 5.73 Å². The topological polar surface area (TPSA) is 38.0 Å². The molecular weight excluding hydrogens is 112 g/mol. The van der Waals surface area contributed by atoms with Crippen molar-refractivity contribution in [1.29, 1.82) is 0 Å². The van der Waals surface area contributed by atoms with Gasteiger partial charge in [0.05, 0.1) is 0 Å². The van der Waals surface area contributed by atoms with Crippen LogP contribution in [0.3, 0.4) is 0 Å². The highest BCUT2D eigenvalue weighted by Gasteiger charge is 1.73. The van der Waals surface area contributed by atoms with Crippen LogP contribution in [0.4, 0.5) is 0 Å². The third kappa shape index (κ3) is 7.08. The molecule has 0 aromatic rings. The lowest BCUT2D eigenvalue weighted by atomic mass is 10.4. The van der Waals surface area contributed by atoms with E-state index in [-0.39, 0.29) is 0 Å². The Morgan fingerprint density at radius 1 is 1.56 bits per heavy atom. The van der Waals surface area contributed by atoms with Gasteiger partial charge in [-0.2, -0.15) is 0 Å². The Bertz CT molecular complexity index is 83.1. The van der Waals surface area contributed by atoms with Gasteiger partial charge in [-0.25, -0.2) is 0 Å². The van der Waals surface area contributed by atoms with Crippen LogP contribution in [0.1, 0.15) is 13.3 Å². The predicted molar refractivity (Wildman–Crippen MR) is 40.8 cm³/mol. The van der Waals surface area contributed by atoms with Crippen molar-refractivity contribution < 1.29 is 0 Å². The molecule has 0 fully saturated rings. The largest absolute Gasteiger partial charge is 0.403 e. The molecule has 0 saturated heterocycles. The van der Waals surface area contributed by atoms with E-state index in [1.807, 2.05) is 13.0 Å². The van der Waals surface area contributed by atoms with E-state index in [1.165, 1.54) is 6.20 Å². The fourth-order valence-electron chi connectivity index (χ4n) is 0.485. The molecule has 0 unspecified atom stereocenters. The molecule has 0 aromatic heterocycles. The third-order valence-electron chi connectivity index (χ3n) is 0.905. The number of nitrogens with one attached hydrogen (secondary N) is 1. The SMILES string of the molecule is C/C=C\CCN/C=C\N. The minimum atomic E-state index is 0.956. The van der Waals surface area contributed by atoms with Crippen molar-refractivity contribution in [2.45, 2.75) is 13.3 Å². The Morgan fingerprint density at radius 3 is 2.89 bits per heavy atom. The van der Waals surface area contributed by atoms with Crippen molar-refractivity contribution in [3.8, 4) is 0 Å². The highest BCUT2D eigenvalue weighted by atomic mass is 14.8. The van der Waals surface area contributed by atoms with E-state index < -0.39 is 0 Å². The van der Waals surface area contributed by atoms with E-state index >= 15 is 0 Å². The molecule has 0 aliphatic carbocycles. The molecule has 0 aliphatic rings. The van der Waals surface area contributed by atoms with E-state index in [0.717, 1.165) is 13.0 Å². The Balaban J connectivity index is 2.91. The summed E-state index contributed by atoms with van der Waals surface area (Å²) in [5.41, 5.74) is 5.08. The molecule has 0 atom stereocenters. The van der Waals surface area contributed by atoms with Gasteiger partial charge < -0.3 is 11.1 Å². The minimum Gasteiger partial charge on any atom is -0.403 e. The maximum absolute atomic E-state index is 5.08. The number of rotatable bonds is 4. The third-order valence-corrected chi connectivity index (χ3v) is 0.905. The van der Waals surface area contributed by atoms with Crippen LogP contribution in [0, 0.1) is 0 Å². The molecule has 3 N–H and O–H groups in total. The van der Waals surface area contributed by atoms with Gasteiger partial charge in [0.25, 0.3) is 0 Å². The summed E-state index contributed by atoms with van der Waals surface area (Å²) in [6.07, 6.45) is 8.44. The smallest absolute Gasteiger partial charge is 0.0176 e. The Hall–Kier alpha value is -0.920. The van der Waals surface area contributed by atoms with Crippen LogP contribution >= 0.6 is 0 Å². The lowest BCUT2D eigenvalue weighted by Crippen LogP contribution is -2.06. The molecule has 52 valence electrons. The molecule has 9 heavy (non-hydrogen) atoms. The fourth-order valence-corrected chi connectivity index (χ4v) is 0.485. The van der Waals surface area contributed by atoms with Crippen molar-refractivity contribution in [1.82, 2.24) is 5.32 Å². The predicted octanol–water partition coefficient (Wildman–Crippen LogP) is 0.972.